The molecule has 0 radical (unpaired) electrons. The maximum Gasteiger partial charge on any atom is 0.328 e. The largest absolute Gasteiger partial charge is 0.480 e. The molecule has 0 saturated carbocycles. The number of halogens is 2. The first-order chi connectivity index (χ1) is 11.9. The summed E-state index contributed by atoms with van der Waals surface area (Å²) in [6, 6.07) is 10.0. The van der Waals surface area contributed by atoms with Gasteiger partial charge in [-0.25, -0.2) is 9.18 Å². The molecule has 2 aromatic rings. The smallest absolute Gasteiger partial charge is 0.328 e. The van der Waals surface area contributed by atoms with Crippen LogP contribution in [-0.2, 0) is 4.79 Å². The van der Waals surface area contributed by atoms with Crippen molar-refractivity contribution in [3.8, 4) is 0 Å². The number of carbonyl (C=O) groups is 3. The third-order valence-electron chi connectivity index (χ3n) is 3.31. The Morgan fingerprint density at radius 1 is 1.00 bits per heavy atom. The molecule has 2 amide bonds. The maximum atomic E-state index is 13.5. The van der Waals surface area contributed by atoms with E-state index in [1.165, 1.54) is 30.3 Å². The lowest BCUT2D eigenvalue weighted by Crippen LogP contribution is -2.48. The van der Waals surface area contributed by atoms with Crippen LogP contribution in [0.5, 0.6) is 0 Å². The first-order valence-electron chi connectivity index (χ1n) is 7.21. The normalized spacial score (nSPS) is 11.4. The summed E-state index contributed by atoms with van der Waals surface area (Å²) in [6.45, 7) is -0.418. The second-order valence-electron chi connectivity index (χ2n) is 5.03. The molecular formula is C17H14ClFN2O4. The molecule has 2 aromatic carbocycles. The third kappa shape index (κ3) is 4.77. The minimum atomic E-state index is -1.40. The van der Waals surface area contributed by atoms with E-state index in [9.17, 15) is 23.9 Å². The van der Waals surface area contributed by atoms with E-state index in [1.807, 2.05) is 0 Å². The van der Waals surface area contributed by atoms with E-state index in [2.05, 4.69) is 10.6 Å². The van der Waals surface area contributed by atoms with E-state index in [4.69, 9.17) is 11.6 Å². The van der Waals surface area contributed by atoms with E-state index in [0.29, 0.717) is 0 Å². The minimum absolute atomic E-state index is 0.107. The number of aliphatic carboxylic acids is 1. The topological polar surface area (TPSA) is 95.5 Å². The molecule has 130 valence electrons. The van der Waals surface area contributed by atoms with Crippen LogP contribution in [0.3, 0.4) is 0 Å². The molecule has 0 aliphatic rings. The van der Waals surface area contributed by atoms with Crippen molar-refractivity contribution in [3.63, 3.8) is 0 Å². The van der Waals surface area contributed by atoms with Gasteiger partial charge in [0.15, 0.2) is 0 Å². The fourth-order valence-corrected chi connectivity index (χ4v) is 2.24. The highest BCUT2D eigenvalue weighted by Gasteiger charge is 2.23. The van der Waals surface area contributed by atoms with Gasteiger partial charge in [0.05, 0.1) is 16.1 Å². The number of carboxylic acid groups (broad SMARTS) is 1. The molecule has 3 N–H and O–H groups in total. The average Bonchev–Trinajstić information content (AvgIpc) is 2.58. The zero-order valence-corrected chi connectivity index (χ0v) is 13.6. The van der Waals surface area contributed by atoms with Crippen LogP contribution in [-0.4, -0.2) is 35.5 Å². The Balaban J connectivity index is 2.03. The molecule has 0 saturated heterocycles. The number of carboxylic acids is 1. The number of hydrogen-bond acceptors (Lipinski definition) is 3. The second-order valence-corrected chi connectivity index (χ2v) is 5.44. The Morgan fingerprint density at radius 3 is 2.20 bits per heavy atom. The molecule has 0 spiro atoms. The van der Waals surface area contributed by atoms with Crippen LogP contribution < -0.4 is 10.6 Å². The number of carbonyl (C=O) groups excluding carboxylic acids is 2. The van der Waals surface area contributed by atoms with Crippen molar-refractivity contribution in [1.82, 2.24) is 10.6 Å². The molecule has 0 fully saturated rings. The molecule has 0 bridgehead atoms. The quantitative estimate of drug-likeness (QED) is 0.731. The van der Waals surface area contributed by atoms with E-state index in [1.54, 1.807) is 12.1 Å². The zero-order chi connectivity index (χ0) is 18.4. The molecule has 0 heterocycles. The van der Waals surface area contributed by atoms with Crippen LogP contribution in [0.25, 0.3) is 0 Å². The number of amides is 2. The fourth-order valence-electron chi connectivity index (χ4n) is 2.02. The maximum absolute atomic E-state index is 13.5. The number of nitrogens with one attached hydrogen (secondary N) is 2. The summed E-state index contributed by atoms with van der Waals surface area (Å²) in [5.74, 6) is -3.56. The van der Waals surface area contributed by atoms with Crippen molar-refractivity contribution in [3.05, 3.63) is 70.5 Å². The average molecular weight is 365 g/mol. The van der Waals surface area contributed by atoms with Crippen LogP contribution >= 0.6 is 11.6 Å². The lowest BCUT2D eigenvalue weighted by atomic mass is 10.1. The summed E-state index contributed by atoms with van der Waals surface area (Å²) >= 11 is 5.89. The van der Waals surface area contributed by atoms with E-state index >= 15 is 0 Å². The lowest BCUT2D eigenvalue weighted by molar-refractivity contribution is -0.139. The Morgan fingerprint density at radius 2 is 1.60 bits per heavy atom. The monoisotopic (exact) mass is 364 g/mol. The molecule has 0 aromatic heterocycles. The van der Waals surface area contributed by atoms with Crippen LogP contribution in [0, 0.1) is 5.82 Å². The summed E-state index contributed by atoms with van der Waals surface area (Å²) < 4.78 is 13.5. The summed E-state index contributed by atoms with van der Waals surface area (Å²) in [4.78, 5) is 35.3. The molecular weight excluding hydrogens is 351 g/mol. The summed E-state index contributed by atoms with van der Waals surface area (Å²) in [5, 5.41) is 13.9. The van der Waals surface area contributed by atoms with E-state index < -0.39 is 36.2 Å². The predicted molar refractivity (Wildman–Crippen MR) is 89.1 cm³/mol. The summed E-state index contributed by atoms with van der Waals surface area (Å²) in [6.07, 6.45) is 0. The van der Waals surface area contributed by atoms with Crippen LogP contribution in [0.1, 0.15) is 20.7 Å². The molecule has 8 heteroatoms. The van der Waals surface area contributed by atoms with E-state index in [0.717, 1.165) is 6.07 Å². The standard InChI is InChI=1S/C17H14ClFN2O4/c18-12-7-3-1-5-10(12)16(23)21-14(17(24)25)9-20-15(22)11-6-2-4-8-13(11)19/h1-8,14H,9H2,(H,20,22)(H,21,23)(H,24,25)/t14-/m0/s1. The predicted octanol–water partition coefficient (Wildman–Crippen LogP) is 2.09. The van der Waals surface area contributed by atoms with Gasteiger partial charge in [0.1, 0.15) is 11.9 Å². The first-order valence-corrected chi connectivity index (χ1v) is 7.59. The Labute approximate surface area is 147 Å². The number of benzene rings is 2. The minimum Gasteiger partial charge on any atom is -0.480 e. The van der Waals surface area contributed by atoms with Gasteiger partial charge in [-0.2, -0.15) is 0 Å². The highest BCUT2D eigenvalue weighted by molar-refractivity contribution is 6.33. The lowest BCUT2D eigenvalue weighted by Gasteiger charge is -2.16. The summed E-state index contributed by atoms with van der Waals surface area (Å²) in [7, 11) is 0. The van der Waals surface area contributed by atoms with Crippen molar-refractivity contribution in [1.29, 1.82) is 0 Å². The van der Waals surface area contributed by atoms with Crippen LogP contribution in [0.15, 0.2) is 48.5 Å². The van der Waals surface area contributed by atoms with Crippen molar-refractivity contribution < 1.29 is 23.9 Å². The first kappa shape index (κ1) is 18.4. The van der Waals surface area contributed by atoms with Crippen molar-refractivity contribution >= 4 is 29.4 Å². The van der Waals surface area contributed by atoms with Gasteiger partial charge in [0.2, 0.25) is 0 Å². The van der Waals surface area contributed by atoms with Gasteiger partial charge in [-0.15, -0.1) is 0 Å². The van der Waals surface area contributed by atoms with Gasteiger partial charge in [-0.1, -0.05) is 35.9 Å². The molecule has 2 rings (SSSR count). The summed E-state index contributed by atoms with van der Waals surface area (Å²) in [5.41, 5.74) is -0.111. The SMILES string of the molecule is O=C(NC[C@H](NC(=O)c1ccccc1Cl)C(=O)O)c1ccccc1F. The number of rotatable bonds is 6. The van der Waals surface area contributed by atoms with Crippen molar-refractivity contribution in [2.24, 2.45) is 0 Å². The molecule has 0 unspecified atom stereocenters. The highest BCUT2D eigenvalue weighted by atomic mass is 35.5. The van der Waals surface area contributed by atoms with Crippen molar-refractivity contribution in [2.45, 2.75) is 6.04 Å². The van der Waals surface area contributed by atoms with Crippen LogP contribution in [0.2, 0.25) is 5.02 Å². The highest BCUT2D eigenvalue weighted by Crippen LogP contribution is 2.14. The van der Waals surface area contributed by atoms with E-state index in [-0.39, 0.29) is 16.1 Å². The molecule has 0 aliphatic heterocycles. The zero-order valence-electron chi connectivity index (χ0n) is 12.8. The molecule has 6 nitrogen and oxygen atoms in total. The molecule has 1 atom stereocenters. The fraction of sp³-hybridized carbons (Fsp3) is 0.118. The van der Waals surface area contributed by atoms with Gasteiger partial charge in [-0.05, 0) is 24.3 Å². The van der Waals surface area contributed by atoms with Gasteiger partial charge >= 0.3 is 5.97 Å². The third-order valence-corrected chi connectivity index (χ3v) is 3.64. The molecule has 25 heavy (non-hydrogen) atoms. The van der Waals surface area contributed by atoms with Gasteiger partial charge in [0.25, 0.3) is 11.8 Å². The van der Waals surface area contributed by atoms with Crippen LogP contribution in [0.4, 0.5) is 4.39 Å². The Bertz CT molecular complexity index is 813. The number of hydrogen-bond donors (Lipinski definition) is 3. The second kappa shape index (κ2) is 8.25. The van der Waals surface area contributed by atoms with Gasteiger partial charge in [-0.3, -0.25) is 9.59 Å². The van der Waals surface area contributed by atoms with Gasteiger partial charge in [0, 0.05) is 6.54 Å². The van der Waals surface area contributed by atoms with Crippen molar-refractivity contribution in [2.75, 3.05) is 6.54 Å². The van der Waals surface area contributed by atoms with Gasteiger partial charge < -0.3 is 15.7 Å². The molecule has 0 aliphatic carbocycles. The Kier molecular flexibility index (Phi) is 6.08. The Hall–Kier alpha value is -2.93.